The molecule has 0 atom stereocenters. The molecule has 11 nitrogen and oxygen atoms in total. The summed E-state index contributed by atoms with van der Waals surface area (Å²) in [6.07, 6.45) is 10.4. The second-order valence-corrected chi connectivity index (χ2v) is 18.8. The van der Waals surface area contributed by atoms with Crippen molar-refractivity contribution in [1.29, 1.82) is 0 Å². The largest absolute Gasteiger partial charge is 0.492 e. The molecule has 0 spiro atoms. The Hall–Kier alpha value is -5.37. The molecule has 0 aliphatic carbocycles. The third-order valence-corrected chi connectivity index (χ3v) is 12.9. The van der Waals surface area contributed by atoms with Gasteiger partial charge in [0.25, 0.3) is 5.91 Å². The number of hydrogen-bond donors (Lipinski definition) is 1. The van der Waals surface area contributed by atoms with Crippen molar-refractivity contribution in [3.05, 3.63) is 117 Å². The van der Waals surface area contributed by atoms with Crippen molar-refractivity contribution in [3.8, 4) is 17.0 Å². The van der Waals surface area contributed by atoms with E-state index in [-0.39, 0.29) is 11.9 Å². The Balaban J connectivity index is 0.891. The van der Waals surface area contributed by atoms with E-state index in [1.165, 1.54) is 35.3 Å². The van der Waals surface area contributed by atoms with Gasteiger partial charge in [-0.1, -0.05) is 72.5 Å². The summed E-state index contributed by atoms with van der Waals surface area (Å²) in [7, 11) is 1.36. The molecule has 0 radical (unpaired) electrons. The second kappa shape index (κ2) is 20.7. The van der Waals surface area contributed by atoms with Crippen molar-refractivity contribution < 1.29 is 28.6 Å². The Bertz CT molecular complexity index is 2480. The van der Waals surface area contributed by atoms with Gasteiger partial charge in [0.1, 0.15) is 11.4 Å². The molecule has 0 saturated heterocycles. The quantitative estimate of drug-likeness (QED) is 0.0657. The zero-order valence-electron chi connectivity index (χ0n) is 35.6. The van der Waals surface area contributed by atoms with Crippen LogP contribution in [0.1, 0.15) is 108 Å². The number of methoxy groups -OCH3 is 1. The van der Waals surface area contributed by atoms with Crippen LogP contribution in [0.5, 0.6) is 5.75 Å². The lowest BCUT2D eigenvalue weighted by Gasteiger charge is -2.29. The number of nitrogens with zero attached hydrogens (tertiary/aromatic N) is 4. The van der Waals surface area contributed by atoms with Gasteiger partial charge in [0.15, 0.2) is 16.0 Å². The Morgan fingerprint density at radius 2 is 1.71 bits per heavy atom. The minimum absolute atomic E-state index is 0.120. The van der Waals surface area contributed by atoms with Crippen LogP contribution in [-0.4, -0.2) is 58.7 Å². The number of para-hydroxylation sites is 1. The fourth-order valence-corrected chi connectivity index (χ4v) is 9.61. The Morgan fingerprint density at radius 3 is 2.48 bits per heavy atom. The third-order valence-electron chi connectivity index (χ3n) is 10.5. The fourth-order valence-electron chi connectivity index (χ4n) is 7.40. The van der Waals surface area contributed by atoms with E-state index in [2.05, 4.69) is 27.3 Å². The summed E-state index contributed by atoms with van der Waals surface area (Å²) in [6.45, 7) is 7.24. The molecule has 4 heterocycles. The Kier molecular flexibility index (Phi) is 14.9. The van der Waals surface area contributed by atoms with Crippen LogP contribution in [0.3, 0.4) is 0 Å². The number of pyridine rings is 1. The predicted octanol–water partition coefficient (Wildman–Crippen LogP) is 11.3. The lowest BCUT2D eigenvalue weighted by Crippen LogP contribution is -2.32. The first-order chi connectivity index (χ1) is 29.9. The van der Waals surface area contributed by atoms with Gasteiger partial charge in [-0.25, -0.2) is 14.8 Å². The number of esters is 2. The smallest absolute Gasteiger partial charge is 0.357 e. The Labute approximate surface area is 375 Å². The zero-order valence-corrected chi connectivity index (χ0v) is 38.0. The number of benzene rings is 3. The van der Waals surface area contributed by atoms with Crippen LogP contribution in [0.4, 0.5) is 10.3 Å². The van der Waals surface area contributed by atoms with Gasteiger partial charge in [0.2, 0.25) is 0 Å². The summed E-state index contributed by atoms with van der Waals surface area (Å²) in [5.74, 6) is -0.236. The number of ether oxygens (including phenoxy) is 3. The van der Waals surface area contributed by atoms with E-state index in [4.69, 9.17) is 35.8 Å². The normalized spacial score (nSPS) is 12.6. The highest BCUT2D eigenvalue weighted by Gasteiger charge is 2.27. The highest BCUT2D eigenvalue weighted by Crippen LogP contribution is 2.35. The standard InChI is InChI=1S/C48H52ClN5O6S2/c1-48(2,3)60-42(55)20-9-7-5-6-8-14-31-21-23-37(50-29-31)33-22-24-39(36(49)28-33)59-27-13-19-41-43(45(57)58-4)52-47(62-41)54-26-25-32-15-12-16-34(35(32)30-54)44(56)53-46-51-38-17-10-11-18-40(38)61-46/h10-12,15-18,21-24,28-29H,5-9,13-14,19-20,25-27,30H2,1-4H3,(H,51,53,56). The van der Waals surface area contributed by atoms with Crippen molar-refractivity contribution in [2.75, 3.05) is 30.5 Å². The van der Waals surface area contributed by atoms with Crippen LogP contribution in [0.2, 0.25) is 5.02 Å². The molecule has 0 saturated carbocycles. The van der Waals surface area contributed by atoms with Gasteiger partial charge in [-0.3, -0.25) is 19.9 Å². The number of halogens is 1. The molecule has 1 N–H and O–H groups in total. The van der Waals surface area contributed by atoms with Gasteiger partial charge in [-0.15, -0.1) is 11.3 Å². The van der Waals surface area contributed by atoms with E-state index in [0.29, 0.717) is 71.3 Å². The van der Waals surface area contributed by atoms with E-state index >= 15 is 0 Å². The first kappa shape index (κ1) is 44.7. The summed E-state index contributed by atoms with van der Waals surface area (Å²) in [5, 5.41) is 4.76. The third kappa shape index (κ3) is 11.8. The number of amides is 1. The molecule has 14 heteroatoms. The number of thiazole rings is 2. The highest BCUT2D eigenvalue weighted by atomic mass is 35.5. The summed E-state index contributed by atoms with van der Waals surface area (Å²) in [5.41, 5.74) is 6.29. The van der Waals surface area contributed by atoms with E-state index in [1.807, 2.05) is 87.6 Å². The van der Waals surface area contributed by atoms with Crippen LogP contribution in [0, 0.1) is 0 Å². The van der Waals surface area contributed by atoms with Crippen LogP contribution >= 0.6 is 34.3 Å². The molecule has 3 aromatic carbocycles. The number of hydrogen-bond acceptors (Lipinski definition) is 12. The number of anilines is 2. The van der Waals surface area contributed by atoms with E-state index in [0.717, 1.165) is 82.4 Å². The zero-order chi connectivity index (χ0) is 43.6. The van der Waals surface area contributed by atoms with Gasteiger partial charge in [-0.2, -0.15) is 0 Å². The number of fused-ring (bicyclic) bond motifs is 2. The van der Waals surface area contributed by atoms with Crippen LogP contribution in [0.25, 0.3) is 21.5 Å². The lowest BCUT2D eigenvalue weighted by molar-refractivity contribution is -0.154. The molecule has 3 aromatic heterocycles. The molecule has 0 fully saturated rings. The van der Waals surface area contributed by atoms with Crippen molar-refractivity contribution in [2.45, 2.75) is 97.1 Å². The van der Waals surface area contributed by atoms with E-state index in [9.17, 15) is 14.4 Å². The first-order valence-corrected chi connectivity index (χ1v) is 23.2. The van der Waals surface area contributed by atoms with E-state index in [1.54, 1.807) is 0 Å². The average molecular weight is 895 g/mol. The molecular weight excluding hydrogens is 842 g/mol. The molecular formula is C48H52ClN5O6S2. The number of aryl methyl sites for hydroxylation is 2. The minimum atomic E-state index is -0.485. The van der Waals surface area contributed by atoms with Crippen molar-refractivity contribution >= 4 is 72.6 Å². The number of nitrogens with one attached hydrogen (secondary N) is 1. The lowest BCUT2D eigenvalue weighted by atomic mass is 9.94. The molecule has 0 unspecified atom stereocenters. The number of carbonyl (C=O) groups is 3. The SMILES string of the molecule is COC(=O)c1nc(N2CCc3cccc(C(=O)Nc4nc5ccccc5s4)c3C2)sc1CCCOc1ccc(-c2ccc(CCCCCCCC(=O)OC(C)(C)C)cn2)cc1Cl. The summed E-state index contributed by atoms with van der Waals surface area (Å²) in [4.78, 5) is 55.3. The monoisotopic (exact) mass is 893 g/mol. The topological polar surface area (TPSA) is 133 Å². The van der Waals surface area contributed by atoms with Crippen molar-refractivity contribution in [1.82, 2.24) is 15.0 Å². The van der Waals surface area contributed by atoms with Gasteiger partial charge < -0.3 is 19.1 Å². The molecule has 7 rings (SSSR count). The molecule has 62 heavy (non-hydrogen) atoms. The van der Waals surface area contributed by atoms with Crippen LogP contribution in [-0.2, 0) is 40.1 Å². The van der Waals surface area contributed by atoms with Crippen LogP contribution < -0.4 is 15.0 Å². The molecule has 1 aliphatic heterocycles. The van der Waals surface area contributed by atoms with Crippen molar-refractivity contribution in [3.63, 3.8) is 0 Å². The number of rotatable bonds is 18. The second-order valence-electron chi connectivity index (χ2n) is 16.3. The summed E-state index contributed by atoms with van der Waals surface area (Å²) < 4.78 is 17.6. The van der Waals surface area contributed by atoms with E-state index < -0.39 is 11.6 Å². The number of unbranched alkanes of at least 4 members (excludes halogenated alkanes) is 4. The predicted molar refractivity (Wildman–Crippen MR) is 248 cm³/mol. The minimum Gasteiger partial charge on any atom is -0.492 e. The maximum absolute atomic E-state index is 13.6. The number of carbonyl (C=O) groups excluding carboxylic acids is 3. The van der Waals surface area contributed by atoms with Gasteiger partial charge in [0, 0.05) is 41.7 Å². The molecule has 1 aliphatic rings. The van der Waals surface area contributed by atoms with Crippen molar-refractivity contribution in [2.24, 2.45) is 0 Å². The Morgan fingerprint density at radius 1 is 0.887 bits per heavy atom. The highest BCUT2D eigenvalue weighted by molar-refractivity contribution is 7.22. The number of aromatic nitrogens is 3. The first-order valence-electron chi connectivity index (χ1n) is 21.1. The van der Waals surface area contributed by atoms with Crippen LogP contribution in [0.15, 0.2) is 79.0 Å². The summed E-state index contributed by atoms with van der Waals surface area (Å²) >= 11 is 9.60. The van der Waals surface area contributed by atoms with Gasteiger partial charge in [-0.05, 0) is 118 Å². The molecule has 324 valence electrons. The summed E-state index contributed by atoms with van der Waals surface area (Å²) in [6, 6.07) is 23.5. The van der Waals surface area contributed by atoms with Gasteiger partial charge in [0.05, 0.1) is 34.6 Å². The molecule has 0 bridgehead atoms. The fraction of sp³-hybridized carbons (Fsp3) is 0.375. The average Bonchev–Trinajstić information content (AvgIpc) is 3.88. The van der Waals surface area contributed by atoms with Gasteiger partial charge >= 0.3 is 11.9 Å². The molecule has 1 amide bonds. The molecule has 6 aromatic rings. The maximum atomic E-state index is 13.6. The maximum Gasteiger partial charge on any atom is 0.357 e.